The van der Waals surface area contributed by atoms with Crippen molar-refractivity contribution in [2.75, 3.05) is 30.5 Å². The van der Waals surface area contributed by atoms with E-state index in [9.17, 15) is 58.4 Å². The number of fused-ring (bicyclic) bond motifs is 1. The van der Waals surface area contributed by atoms with Gasteiger partial charge in [0.15, 0.2) is 50.1 Å². The maximum absolute atomic E-state index is 12.5. The van der Waals surface area contributed by atoms with E-state index in [0.29, 0.717) is 12.1 Å². The molecule has 34 heteroatoms. The first kappa shape index (κ1) is 60.0. The van der Waals surface area contributed by atoms with Crippen LogP contribution in [0.15, 0.2) is 101 Å². The molecule has 0 saturated heterocycles. The molecule has 0 saturated carbocycles. The van der Waals surface area contributed by atoms with Crippen LogP contribution >= 0.6 is 24.6 Å². The first-order valence-electron chi connectivity index (χ1n) is 14.3. The Hall–Kier alpha value is 0.0400. The average Bonchev–Trinajstić information content (AvgIpc) is 3.13. The first-order valence-corrected chi connectivity index (χ1v) is 21.8. The number of sulfone groups is 2. The predicted molar refractivity (Wildman–Crippen MR) is 183 cm³/mol. The summed E-state index contributed by atoms with van der Waals surface area (Å²) in [6.45, 7) is -0.809. The monoisotopic (exact) mass is 991 g/mol. The Balaban J connectivity index is 0.00000870. The molecule has 0 aromatic heterocycles. The summed E-state index contributed by atoms with van der Waals surface area (Å²) in [7, 11) is -18.8. The number of benzene rings is 4. The van der Waals surface area contributed by atoms with Crippen molar-refractivity contribution in [1.82, 2.24) is 0 Å². The predicted octanol–water partition coefficient (Wildman–Crippen LogP) is -10.1. The molecular weight excluding hydrogens is 971 g/mol. The van der Waals surface area contributed by atoms with Crippen LogP contribution in [0.4, 0.5) is 28.4 Å². The zero-order chi connectivity index (χ0) is 41.3. The van der Waals surface area contributed by atoms with Crippen LogP contribution in [-0.2, 0) is 67.0 Å². The molecule has 0 unspecified atom stereocenters. The van der Waals surface area contributed by atoms with Crippen LogP contribution in [0.2, 0.25) is 0 Å². The minimum atomic E-state index is -5.51. The largest absolute Gasteiger partial charge is 1.00 e. The summed E-state index contributed by atoms with van der Waals surface area (Å²) in [5, 5.41) is 50.6. The van der Waals surface area contributed by atoms with Gasteiger partial charge in [-0.25, -0.2) is 33.7 Å². The molecule has 24 nitrogen and oxygen atoms in total. The number of aromatic hydroxyl groups is 1. The Kier molecular flexibility index (Phi) is 26.9. The fraction of sp³-hybridized carbons (Fsp3) is 0.154. The van der Waals surface area contributed by atoms with E-state index in [1.165, 1.54) is 0 Å². The van der Waals surface area contributed by atoms with Gasteiger partial charge in [-0.1, -0.05) is 0 Å². The second-order valence-corrected chi connectivity index (χ2v) is 18.2. The summed E-state index contributed by atoms with van der Waals surface area (Å²) in [6.07, 6.45) is 0. The third-order valence-electron chi connectivity index (χ3n) is 6.85. The molecule has 0 aliphatic carbocycles. The smallest absolute Gasteiger partial charge is 0.744 e. The molecular formula is C26H21N5Na4O19S6. The van der Waals surface area contributed by atoms with Crippen LogP contribution in [0.5, 0.6) is 5.75 Å². The molecule has 0 heterocycles. The van der Waals surface area contributed by atoms with E-state index >= 15 is 0 Å². The van der Waals surface area contributed by atoms with Crippen LogP contribution in [0.1, 0.15) is 0 Å². The Morgan fingerprint density at radius 1 is 0.600 bits per heavy atom. The standard InChI is InChI=1S/C26H25N5O19S6.4Na/c27-23-22-15(13-20(55(39,40)41)24(23)30-28-16-1-5-18(6-2-16)53(35,36)11-9-45-51-49-47-33)14-21(56(42,43)44)25(26(22)32)31-29-17-3-7-19(8-4-17)54(37,38)12-10-46-52-50-48-34;;;;/h1-8,13-14,32-34H,9-12,27H2,(H,39,40,41)(H,42,43,44);;;;/q;4*+1/p-4. The fourth-order valence-corrected chi connectivity index (χ4v) is 8.52. The number of rotatable bonds is 20. The van der Waals surface area contributed by atoms with Crippen LogP contribution in [0.25, 0.3) is 10.8 Å². The van der Waals surface area contributed by atoms with Gasteiger partial charge in [0.25, 0.3) is 0 Å². The summed E-state index contributed by atoms with van der Waals surface area (Å²) < 4.78 is 141. The van der Waals surface area contributed by atoms with Crippen molar-refractivity contribution in [3.05, 3.63) is 60.7 Å². The number of nitrogens with two attached hydrogens (primary N) is 1. The van der Waals surface area contributed by atoms with E-state index in [1.54, 1.807) is 0 Å². The molecule has 0 amide bonds. The summed E-state index contributed by atoms with van der Waals surface area (Å²) in [4.78, 5) is -2.80. The van der Waals surface area contributed by atoms with Crippen LogP contribution in [0.3, 0.4) is 0 Å². The van der Waals surface area contributed by atoms with E-state index in [2.05, 4.69) is 43.4 Å². The molecule has 0 fully saturated rings. The number of azo groups is 2. The zero-order valence-electron chi connectivity index (χ0n) is 31.2. The third-order valence-corrected chi connectivity index (χ3v) is 12.7. The molecule has 3 N–H and O–H groups in total. The Morgan fingerprint density at radius 2 is 0.967 bits per heavy atom. The number of nitrogen functional groups attached to an aromatic ring is 1. The molecule has 4 aromatic rings. The van der Waals surface area contributed by atoms with E-state index in [0.717, 1.165) is 48.5 Å². The second kappa shape index (κ2) is 26.9. The van der Waals surface area contributed by atoms with Crippen molar-refractivity contribution < 1.29 is 204 Å². The minimum Gasteiger partial charge on any atom is -0.744 e. The molecule has 0 atom stereocenters. The van der Waals surface area contributed by atoms with Crippen molar-refractivity contribution in [2.24, 2.45) is 20.5 Å². The Morgan fingerprint density at radius 3 is 1.33 bits per heavy atom. The van der Waals surface area contributed by atoms with Crippen molar-refractivity contribution in [2.45, 2.75) is 19.6 Å². The van der Waals surface area contributed by atoms with Gasteiger partial charge in [0.1, 0.15) is 31.6 Å². The van der Waals surface area contributed by atoms with Gasteiger partial charge >= 0.3 is 118 Å². The van der Waals surface area contributed by atoms with E-state index in [1.807, 2.05) is 0 Å². The van der Waals surface area contributed by atoms with Crippen LogP contribution in [0, 0.1) is 0 Å². The SMILES string of the molecule is Nc1c(N=Nc2ccc(S(=O)(=O)CCOSOO[O-])cc2)c(S(=O)(=O)[O-])cc2cc(S(=O)(=O)[O-])c(N=Nc3ccc(S(=O)(=O)CCOSOO[O-])cc3)c(O)c12.[Na+].[Na+].[Na+].[Na+]. The summed E-state index contributed by atoms with van der Waals surface area (Å²) in [6, 6.07) is 10.1. The summed E-state index contributed by atoms with van der Waals surface area (Å²) in [5.74, 6) is -2.23. The van der Waals surface area contributed by atoms with E-state index in [4.69, 9.17) is 9.92 Å². The van der Waals surface area contributed by atoms with E-state index in [-0.39, 0.29) is 164 Å². The molecule has 0 aliphatic heterocycles. The molecule has 0 spiro atoms. The molecule has 304 valence electrons. The van der Waals surface area contributed by atoms with Crippen molar-refractivity contribution in [1.29, 1.82) is 0 Å². The van der Waals surface area contributed by atoms with Gasteiger partial charge in [0.2, 0.25) is 0 Å². The number of phenols is 1. The molecule has 0 radical (unpaired) electrons. The number of anilines is 1. The molecule has 4 rings (SSSR count). The quantitative estimate of drug-likeness (QED) is 0.0121. The molecule has 60 heavy (non-hydrogen) atoms. The van der Waals surface area contributed by atoms with Gasteiger partial charge in [-0.3, -0.25) is 18.4 Å². The van der Waals surface area contributed by atoms with E-state index < -0.39 is 108 Å². The van der Waals surface area contributed by atoms with Gasteiger partial charge in [-0.15, -0.1) is 18.9 Å². The van der Waals surface area contributed by atoms with Crippen LogP contribution < -0.4 is 134 Å². The molecule has 0 aliphatic rings. The third kappa shape index (κ3) is 16.8. The first-order chi connectivity index (χ1) is 26.3. The number of hydrogen-bond acceptors (Lipinski definition) is 26. The van der Waals surface area contributed by atoms with Gasteiger partial charge in [-0.05, 0) is 66.0 Å². The van der Waals surface area contributed by atoms with Gasteiger partial charge in [0, 0.05) is 0 Å². The van der Waals surface area contributed by atoms with Crippen molar-refractivity contribution >= 4 is 104 Å². The van der Waals surface area contributed by atoms with Gasteiger partial charge in [-0.2, -0.15) is 10.2 Å². The number of nitrogens with zero attached hydrogens (tertiary/aromatic N) is 4. The average molecular weight is 992 g/mol. The van der Waals surface area contributed by atoms with Gasteiger partial charge in [0.05, 0.1) is 66.7 Å². The van der Waals surface area contributed by atoms with Crippen molar-refractivity contribution in [3.63, 3.8) is 0 Å². The molecule has 4 aromatic carbocycles. The Labute approximate surface area is 438 Å². The number of phenolic OH excluding ortho intramolecular Hbond substituents is 1. The van der Waals surface area contributed by atoms with Crippen LogP contribution in [-0.4, -0.2) is 72.6 Å². The minimum absolute atomic E-state index is 0. The summed E-state index contributed by atoms with van der Waals surface area (Å²) >= 11 is 0.219. The maximum atomic E-state index is 12.5. The maximum Gasteiger partial charge on any atom is 1.00 e. The summed E-state index contributed by atoms with van der Waals surface area (Å²) in [5.41, 5.74) is 3.36. The normalized spacial score (nSPS) is 12.1. The second-order valence-electron chi connectivity index (χ2n) is 10.3. The van der Waals surface area contributed by atoms with Crippen molar-refractivity contribution in [3.8, 4) is 5.75 Å². The fourth-order valence-electron chi connectivity index (χ4n) is 4.40. The Bertz CT molecular complexity index is 2400. The topological polar surface area (TPSA) is 380 Å². The molecule has 0 bridgehead atoms. The van der Waals surface area contributed by atoms with Gasteiger partial charge < -0.3 is 30.5 Å². The zero-order valence-corrected chi connectivity index (χ0v) is 44.1. The number of hydrogen-bond donors (Lipinski definition) is 2.